The molecule has 0 saturated carbocycles. The number of nitriles is 1. The molecule has 0 aromatic rings. The lowest BCUT2D eigenvalue weighted by Crippen LogP contribution is -2.12. The maximum atomic E-state index is 10.6. The van der Waals surface area contributed by atoms with Crippen LogP contribution in [0.25, 0.3) is 0 Å². The second-order valence-electron chi connectivity index (χ2n) is 2.42. The molecule has 0 spiro atoms. The molecule has 0 aliphatic heterocycles. The van der Waals surface area contributed by atoms with Crippen LogP contribution in [-0.2, 0) is 9.53 Å². The summed E-state index contributed by atoms with van der Waals surface area (Å²) in [5.41, 5.74) is 0. The molecule has 0 fully saturated rings. The Morgan fingerprint density at radius 1 is 1.75 bits per heavy atom. The average Bonchev–Trinajstić information content (AvgIpc) is 2.00. The fourth-order valence-electron chi connectivity index (χ4n) is 0.842. The first kappa shape index (κ1) is 10.7. The van der Waals surface area contributed by atoms with Gasteiger partial charge in [-0.3, -0.25) is 4.79 Å². The van der Waals surface area contributed by atoms with E-state index >= 15 is 0 Å². The number of carbonyl (C=O) groups excluding carboxylic acids is 1. The maximum Gasteiger partial charge on any atom is 0.303 e. The summed E-state index contributed by atoms with van der Waals surface area (Å²) in [5, 5.41) is 8.24. The van der Waals surface area contributed by atoms with Crippen molar-refractivity contribution in [2.75, 3.05) is 0 Å². The molecule has 0 rings (SSSR count). The van der Waals surface area contributed by atoms with Crippen molar-refractivity contribution in [3.8, 4) is 6.07 Å². The van der Waals surface area contributed by atoms with E-state index in [1.165, 1.54) is 13.0 Å². The Labute approximate surface area is 72.6 Å². The van der Waals surface area contributed by atoms with Crippen molar-refractivity contribution in [3.05, 3.63) is 12.2 Å². The molecule has 0 aromatic heterocycles. The molecular weight excluding hydrogens is 154 g/mol. The van der Waals surface area contributed by atoms with E-state index in [0.29, 0.717) is 0 Å². The Morgan fingerprint density at radius 2 is 2.42 bits per heavy atom. The first-order valence-electron chi connectivity index (χ1n) is 3.94. The highest BCUT2D eigenvalue weighted by Gasteiger charge is 2.05. The lowest BCUT2D eigenvalue weighted by Gasteiger charge is -2.10. The molecule has 0 amide bonds. The van der Waals surface area contributed by atoms with Gasteiger partial charge in [-0.25, -0.2) is 0 Å². The zero-order valence-electron chi connectivity index (χ0n) is 7.41. The van der Waals surface area contributed by atoms with Crippen LogP contribution in [-0.4, -0.2) is 12.1 Å². The van der Waals surface area contributed by atoms with Crippen molar-refractivity contribution < 1.29 is 9.53 Å². The number of hydrogen-bond donors (Lipinski definition) is 0. The predicted molar refractivity (Wildman–Crippen MR) is 45.2 cm³/mol. The van der Waals surface area contributed by atoms with Crippen molar-refractivity contribution in [1.29, 1.82) is 5.26 Å². The average molecular weight is 167 g/mol. The lowest BCUT2D eigenvalue weighted by molar-refractivity contribution is -0.144. The Balaban J connectivity index is 3.96. The number of rotatable bonds is 4. The fourth-order valence-corrected chi connectivity index (χ4v) is 0.842. The molecule has 3 heteroatoms. The van der Waals surface area contributed by atoms with E-state index in [1.807, 2.05) is 13.0 Å². The van der Waals surface area contributed by atoms with Crippen LogP contribution in [0.4, 0.5) is 0 Å². The van der Waals surface area contributed by atoms with E-state index in [1.54, 1.807) is 6.08 Å². The van der Waals surface area contributed by atoms with Crippen LogP contribution >= 0.6 is 0 Å². The van der Waals surface area contributed by atoms with Gasteiger partial charge in [-0.15, -0.1) is 0 Å². The minimum absolute atomic E-state index is 0.243. The number of carbonyl (C=O) groups is 1. The summed E-state index contributed by atoms with van der Waals surface area (Å²) in [7, 11) is 0. The summed E-state index contributed by atoms with van der Waals surface area (Å²) in [6.45, 7) is 3.36. The summed E-state index contributed by atoms with van der Waals surface area (Å²) < 4.78 is 4.92. The highest BCUT2D eigenvalue weighted by molar-refractivity contribution is 5.66. The van der Waals surface area contributed by atoms with Crippen molar-refractivity contribution >= 4 is 5.97 Å². The minimum atomic E-state index is -0.309. The third-order valence-electron chi connectivity index (χ3n) is 1.28. The molecule has 0 N–H and O–H groups in total. The van der Waals surface area contributed by atoms with Gasteiger partial charge in [0, 0.05) is 13.0 Å². The number of nitrogens with zero attached hydrogens (tertiary/aromatic N) is 1. The van der Waals surface area contributed by atoms with Gasteiger partial charge in [0.1, 0.15) is 6.10 Å². The number of ether oxygens (including phenoxy) is 1. The second kappa shape index (κ2) is 6.41. The normalized spacial score (nSPS) is 12.4. The van der Waals surface area contributed by atoms with Crippen LogP contribution in [0.5, 0.6) is 0 Å². The van der Waals surface area contributed by atoms with E-state index in [4.69, 9.17) is 10.00 Å². The molecule has 0 radical (unpaired) electrons. The molecule has 0 aromatic carbocycles. The zero-order valence-corrected chi connectivity index (χ0v) is 7.41. The highest BCUT2D eigenvalue weighted by atomic mass is 16.5. The molecular formula is C9H13NO2. The Hall–Kier alpha value is -1.30. The number of hydrogen-bond acceptors (Lipinski definition) is 3. The van der Waals surface area contributed by atoms with Crippen LogP contribution in [0.1, 0.15) is 26.7 Å². The molecule has 0 aliphatic carbocycles. The van der Waals surface area contributed by atoms with Crippen molar-refractivity contribution in [3.63, 3.8) is 0 Å². The SMILES string of the molecule is CCC[C@H](/C=C/C#N)OC(C)=O. The highest BCUT2D eigenvalue weighted by Crippen LogP contribution is 2.03. The number of allylic oxidation sites excluding steroid dienone is 1. The molecule has 0 aliphatic rings. The van der Waals surface area contributed by atoms with Crippen molar-refractivity contribution in [2.45, 2.75) is 32.8 Å². The van der Waals surface area contributed by atoms with Crippen molar-refractivity contribution in [2.24, 2.45) is 0 Å². The summed E-state index contributed by atoms with van der Waals surface area (Å²) in [5.74, 6) is -0.309. The maximum absolute atomic E-state index is 10.6. The molecule has 0 saturated heterocycles. The van der Waals surface area contributed by atoms with E-state index in [-0.39, 0.29) is 12.1 Å². The molecule has 12 heavy (non-hydrogen) atoms. The minimum Gasteiger partial charge on any atom is -0.458 e. The third kappa shape index (κ3) is 5.48. The second-order valence-corrected chi connectivity index (χ2v) is 2.42. The van der Waals surface area contributed by atoms with Crippen LogP contribution in [0.15, 0.2) is 12.2 Å². The Bertz CT molecular complexity index is 203. The first-order chi connectivity index (χ1) is 5.70. The van der Waals surface area contributed by atoms with Gasteiger partial charge in [0.05, 0.1) is 6.07 Å². The molecule has 1 atom stereocenters. The summed E-state index contributed by atoms with van der Waals surface area (Å²) in [4.78, 5) is 10.6. The topological polar surface area (TPSA) is 50.1 Å². The number of esters is 1. The zero-order chi connectivity index (χ0) is 9.40. The van der Waals surface area contributed by atoms with Gasteiger partial charge < -0.3 is 4.74 Å². The largest absolute Gasteiger partial charge is 0.458 e. The van der Waals surface area contributed by atoms with Gasteiger partial charge >= 0.3 is 5.97 Å². The molecule has 0 unspecified atom stereocenters. The van der Waals surface area contributed by atoms with Gasteiger partial charge in [-0.1, -0.05) is 13.3 Å². The molecule has 0 heterocycles. The molecule has 3 nitrogen and oxygen atoms in total. The van der Waals surface area contributed by atoms with Crippen LogP contribution in [0.3, 0.4) is 0 Å². The third-order valence-corrected chi connectivity index (χ3v) is 1.28. The Morgan fingerprint density at radius 3 is 2.83 bits per heavy atom. The van der Waals surface area contributed by atoms with E-state index in [9.17, 15) is 4.79 Å². The van der Waals surface area contributed by atoms with Gasteiger partial charge in [0.15, 0.2) is 0 Å². The van der Waals surface area contributed by atoms with Gasteiger partial charge in [0.25, 0.3) is 0 Å². The summed E-state index contributed by atoms with van der Waals surface area (Å²) >= 11 is 0. The van der Waals surface area contributed by atoms with E-state index in [0.717, 1.165) is 12.8 Å². The van der Waals surface area contributed by atoms with Crippen LogP contribution < -0.4 is 0 Å². The standard InChI is InChI=1S/C9H13NO2/c1-3-5-9(6-4-7-10)12-8(2)11/h4,6,9H,3,5H2,1-2H3/b6-4+/t9-/m1/s1. The van der Waals surface area contributed by atoms with Gasteiger partial charge in [0.2, 0.25) is 0 Å². The van der Waals surface area contributed by atoms with Crippen molar-refractivity contribution in [1.82, 2.24) is 0 Å². The van der Waals surface area contributed by atoms with Gasteiger partial charge in [-0.2, -0.15) is 5.26 Å². The molecule has 0 bridgehead atoms. The smallest absolute Gasteiger partial charge is 0.303 e. The van der Waals surface area contributed by atoms with Crippen LogP contribution in [0.2, 0.25) is 0 Å². The van der Waals surface area contributed by atoms with E-state index < -0.39 is 0 Å². The summed E-state index contributed by atoms with van der Waals surface area (Å²) in [6, 6.07) is 1.86. The Kier molecular flexibility index (Phi) is 5.72. The fraction of sp³-hybridized carbons (Fsp3) is 0.556. The summed E-state index contributed by atoms with van der Waals surface area (Å²) in [6.07, 6.45) is 4.38. The van der Waals surface area contributed by atoms with Crippen LogP contribution in [0, 0.1) is 11.3 Å². The monoisotopic (exact) mass is 167 g/mol. The predicted octanol–water partition coefficient (Wildman–Crippen LogP) is 1.80. The molecule has 66 valence electrons. The van der Waals surface area contributed by atoms with E-state index in [2.05, 4.69) is 0 Å². The van der Waals surface area contributed by atoms with Gasteiger partial charge in [-0.05, 0) is 12.5 Å². The first-order valence-corrected chi connectivity index (χ1v) is 3.94. The lowest BCUT2D eigenvalue weighted by atomic mass is 10.2. The quantitative estimate of drug-likeness (QED) is 0.474.